The number of nitrogens with one attached hydrogen (secondary N) is 1. The average Bonchev–Trinajstić information content (AvgIpc) is 2.75. The molecule has 1 aliphatic rings. The quantitative estimate of drug-likeness (QED) is 0.766. The number of rotatable bonds is 4. The van der Waals surface area contributed by atoms with Gasteiger partial charge in [0.05, 0.1) is 6.54 Å². The number of nitrogens with two attached hydrogens (primary N) is 1. The van der Waals surface area contributed by atoms with Crippen molar-refractivity contribution < 1.29 is 9.59 Å². The van der Waals surface area contributed by atoms with Crippen LogP contribution in [0.4, 0.5) is 4.79 Å². The van der Waals surface area contributed by atoms with Crippen molar-refractivity contribution in [2.24, 2.45) is 5.73 Å². The highest BCUT2D eigenvalue weighted by molar-refractivity contribution is 5.93. The van der Waals surface area contributed by atoms with Crippen LogP contribution >= 0.6 is 0 Å². The molecule has 0 fully saturated rings. The lowest BCUT2D eigenvalue weighted by molar-refractivity contribution is -0.120. The molecule has 0 atom stereocenters. The van der Waals surface area contributed by atoms with E-state index in [-0.39, 0.29) is 5.91 Å². The largest absolute Gasteiger partial charge is 0.351 e. The highest BCUT2D eigenvalue weighted by atomic mass is 16.2. The summed E-state index contributed by atoms with van der Waals surface area (Å²) in [5.74, 6) is 0.740. The van der Waals surface area contributed by atoms with E-state index in [4.69, 9.17) is 5.73 Å². The van der Waals surface area contributed by atoms with Crippen LogP contribution in [0.15, 0.2) is 12.4 Å². The van der Waals surface area contributed by atoms with Gasteiger partial charge in [0.1, 0.15) is 5.82 Å². The van der Waals surface area contributed by atoms with Gasteiger partial charge in [-0.1, -0.05) is 0 Å². The lowest BCUT2D eigenvalue weighted by atomic mass is 10.2. The third kappa shape index (κ3) is 3.30. The summed E-state index contributed by atoms with van der Waals surface area (Å²) in [5, 5.41) is 2.06. The maximum atomic E-state index is 11.2. The van der Waals surface area contributed by atoms with Gasteiger partial charge >= 0.3 is 6.03 Å². The fraction of sp³-hybridized carbons (Fsp3) is 0.545. The summed E-state index contributed by atoms with van der Waals surface area (Å²) in [6.45, 7) is 3.52. The standard InChI is InChI=1S/C11H17N5O2/c12-11(18)14-10(17)2-1-4-15-6-7-16-5-3-13-9(16)8-15/h3,5H,1-2,4,6-8H2,(H3,12,14,17,18). The molecule has 0 aromatic carbocycles. The first-order chi connectivity index (χ1) is 8.65. The number of hydrogen-bond acceptors (Lipinski definition) is 4. The second-order valence-corrected chi connectivity index (χ2v) is 4.33. The third-order valence-electron chi connectivity index (χ3n) is 2.96. The van der Waals surface area contributed by atoms with Crippen LogP contribution < -0.4 is 11.1 Å². The Hall–Kier alpha value is -1.89. The Labute approximate surface area is 105 Å². The van der Waals surface area contributed by atoms with E-state index in [9.17, 15) is 9.59 Å². The number of imidazole rings is 1. The summed E-state index contributed by atoms with van der Waals surface area (Å²) in [6.07, 6.45) is 4.81. The number of primary amides is 1. The molecule has 3 amide bonds. The fourth-order valence-electron chi connectivity index (χ4n) is 2.08. The molecular formula is C11H17N5O2. The molecule has 3 N–H and O–H groups in total. The highest BCUT2D eigenvalue weighted by Gasteiger charge is 2.16. The SMILES string of the molecule is NC(=O)NC(=O)CCCN1CCn2ccnc2C1. The van der Waals surface area contributed by atoms with Crippen molar-refractivity contribution in [3.8, 4) is 0 Å². The zero-order chi connectivity index (χ0) is 13.0. The smallest absolute Gasteiger partial charge is 0.318 e. The van der Waals surface area contributed by atoms with E-state index in [0.29, 0.717) is 12.8 Å². The summed E-state index contributed by atoms with van der Waals surface area (Å²) >= 11 is 0. The van der Waals surface area contributed by atoms with E-state index < -0.39 is 6.03 Å². The van der Waals surface area contributed by atoms with Gasteiger partial charge in [-0.25, -0.2) is 9.78 Å². The van der Waals surface area contributed by atoms with Crippen molar-refractivity contribution >= 4 is 11.9 Å². The molecule has 1 aliphatic heterocycles. The zero-order valence-corrected chi connectivity index (χ0v) is 10.1. The van der Waals surface area contributed by atoms with Crippen molar-refractivity contribution in [1.82, 2.24) is 19.8 Å². The molecule has 7 heteroatoms. The van der Waals surface area contributed by atoms with Crippen molar-refractivity contribution in [3.05, 3.63) is 18.2 Å². The minimum Gasteiger partial charge on any atom is -0.351 e. The van der Waals surface area contributed by atoms with E-state index in [1.165, 1.54) is 0 Å². The molecule has 0 radical (unpaired) electrons. The number of fused-ring (bicyclic) bond motifs is 1. The van der Waals surface area contributed by atoms with Crippen molar-refractivity contribution in [3.63, 3.8) is 0 Å². The maximum absolute atomic E-state index is 11.2. The van der Waals surface area contributed by atoms with Crippen LogP contribution in [0.25, 0.3) is 0 Å². The number of urea groups is 1. The minimum atomic E-state index is -0.792. The molecule has 2 rings (SSSR count). The second-order valence-electron chi connectivity index (χ2n) is 4.33. The maximum Gasteiger partial charge on any atom is 0.318 e. The molecule has 1 aromatic heterocycles. The van der Waals surface area contributed by atoms with Gasteiger partial charge in [0.15, 0.2) is 0 Å². The van der Waals surface area contributed by atoms with Gasteiger partial charge in [-0.15, -0.1) is 0 Å². The van der Waals surface area contributed by atoms with E-state index in [2.05, 4.69) is 19.8 Å². The number of hydrogen-bond donors (Lipinski definition) is 2. The minimum absolute atomic E-state index is 0.313. The molecular weight excluding hydrogens is 234 g/mol. The molecule has 0 aliphatic carbocycles. The Kier molecular flexibility index (Phi) is 3.93. The van der Waals surface area contributed by atoms with Crippen molar-refractivity contribution in [1.29, 1.82) is 0 Å². The van der Waals surface area contributed by atoms with Gasteiger partial charge in [0.2, 0.25) is 5.91 Å². The van der Waals surface area contributed by atoms with E-state index in [0.717, 1.165) is 32.0 Å². The van der Waals surface area contributed by atoms with E-state index in [1.807, 2.05) is 6.20 Å². The number of aromatic nitrogens is 2. The zero-order valence-electron chi connectivity index (χ0n) is 10.1. The second kappa shape index (κ2) is 5.63. The first-order valence-electron chi connectivity index (χ1n) is 5.97. The molecule has 18 heavy (non-hydrogen) atoms. The van der Waals surface area contributed by atoms with Gasteiger partial charge in [-0.2, -0.15) is 0 Å². The number of imide groups is 1. The predicted molar refractivity (Wildman–Crippen MR) is 64.5 cm³/mol. The summed E-state index contributed by atoms with van der Waals surface area (Å²) in [4.78, 5) is 28.2. The summed E-state index contributed by atoms with van der Waals surface area (Å²) in [6, 6.07) is -0.792. The van der Waals surface area contributed by atoms with Crippen LogP contribution in [0.2, 0.25) is 0 Å². The number of carbonyl (C=O) groups is 2. The number of nitrogens with zero attached hydrogens (tertiary/aromatic N) is 3. The van der Waals surface area contributed by atoms with Crippen LogP contribution in [0.3, 0.4) is 0 Å². The fourth-order valence-corrected chi connectivity index (χ4v) is 2.08. The first-order valence-corrected chi connectivity index (χ1v) is 5.97. The van der Waals surface area contributed by atoms with Gasteiger partial charge < -0.3 is 10.3 Å². The molecule has 0 saturated carbocycles. The number of carbonyl (C=O) groups excluding carboxylic acids is 2. The van der Waals surface area contributed by atoms with E-state index in [1.54, 1.807) is 6.20 Å². The molecule has 98 valence electrons. The lowest BCUT2D eigenvalue weighted by Crippen LogP contribution is -2.37. The van der Waals surface area contributed by atoms with Crippen LogP contribution in [0, 0.1) is 0 Å². The van der Waals surface area contributed by atoms with Crippen LogP contribution in [0.1, 0.15) is 18.7 Å². The highest BCUT2D eigenvalue weighted by Crippen LogP contribution is 2.10. The molecule has 0 spiro atoms. The normalized spacial score (nSPS) is 15.1. The van der Waals surface area contributed by atoms with Crippen LogP contribution in [0.5, 0.6) is 0 Å². The average molecular weight is 251 g/mol. The van der Waals surface area contributed by atoms with Crippen LogP contribution in [-0.2, 0) is 17.9 Å². The Morgan fingerprint density at radius 2 is 2.28 bits per heavy atom. The molecule has 0 bridgehead atoms. The van der Waals surface area contributed by atoms with Crippen molar-refractivity contribution in [2.75, 3.05) is 13.1 Å². The Bertz CT molecular complexity index is 442. The summed E-state index contributed by atoms with van der Waals surface area (Å²) in [5.41, 5.74) is 4.86. The van der Waals surface area contributed by atoms with E-state index >= 15 is 0 Å². The van der Waals surface area contributed by atoms with Crippen LogP contribution in [-0.4, -0.2) is 39.5 Å². The Morgan fingerprint density at radius 3 is 3.06 bits per heavy atom. The van der Waals surface area contributed by atoms with Gasteiger partial charge in [0.25, 0.3) is 0 Å². The molecule has 1 aromatic rings. The predicted octanol–water partition coefficient (Wildman–Crippen LogP) is -0.326. The monoisotopic (exact) mass is 251 g/mol. The van der Waals surface area contributed by atoms with Crippen molar-refractivity contribution in [2.45, 2.75) is 25.9 Å². The van der Waals surface area contributed by atoms with Gasteiger partial charge in [0, 0.05) is 31.9 Å². The van der Waals surface area contributed by atoms with Gasteiger partial charge in [-0.3, -0.25) is 15.0 Å². The molecule has 0 saturated heterocycles. The molecule has 2 heterocycles. The van der Waals surface area contributed by atoms with Gasteiger partial charge in [-0.05, 0) is 13.0 Å². The number of amides is 3. The summed E-state index contributed by atoms with van der Waals surface area (Å²) < 4.78 is 2.14. The topological polar surface area (TPSA) is 93.2 Å². The Balaban J connectivity index is 1.69. The third-order valence-corrected chi connectivity index (χ3v) is 2.96. The molecule has 7 nitrogen and oxygen atoms in total. The summed E-state index contributed by atoms with van der Waals surface area (Å²) in [7, 11) is 0. The lowest BCUT2D eigenvalue weighted by Gasteiger charge is -2.27. The molecule has 0 unspecified atom stereocenters. The Morgan fingerprint density at radius 1 is 1.44 bits per heavy atom. The first kappa shape index (κ1) is 12.6.